The monoisotopic (exact) mass is 437 g/mol. The molecule has 9 heteroatoms. The van der Waals surface area contributed by atoms with Crippen LogP contribution >= 0.6 is 0 Å². The van der Waals surface area contributed by atoms with Crippen molar-refractivity contribution in [2.24, 2.45) is 0 Å². The van der Waals surface area contributed by atoms with E-state index in [9.17, 15) is 4.79 Å². The van der Waals surface area contributed by atoms with Crippen molar-refractivity contribution in [3.05, 3.63) is 54.7 Å². The van der Waals surface area contributed by atoms with Crippen LogP contribution in [0.15, 0.2) is 54.7 Å². The number of likely N-dealkylation sites (N-methyl/N-ethyl adjacent to an activating group) is 1. The van der Waals surface area contributed by atoms with Crippen LogP contribution in [0.5, 0.6) is 17.2 Å². The minimum atomic E-state index is 0.211. The smallest absolute Gasteiger partial charge is 0.220 e. The Labute approximate surface area is 187 Å². The van der Waals surface area contributed by atoms with Gasteiger partial charge in [0.05, 0.1) is 11.4 Å². The topological polar surface area (TPSA) is 112 Å². The second-order valence-electron chi connectivity index (χ2n) is 7.07. The summed E-state index contributed by atoms with van der Waals surface area (Å²) in [7, 11) is 3.93. The minimum absolute atomic E-state index is 0.211. The van der Waals surface area contributed by atoms with Gasteiger partial charge in [-0.1, -0.05) is 18.2 Å². The maximum Gasteiger partial charge on any atom is 0.220 e. The first-order valence-electron chi connectivity index (χ1n) is 10.1. The van der Waals surface area contributed by atoms with E-state index in [0.717, 1.165) is 23.6 Å². The number of carbonyl (C=O) groups is 1. The summed E-state index contributed by atoms with van der Waals surface area (Å²) < 4.78 is 16.4. The highest BCUT2D eigenvalue weighted by Gasteiger charge is 2.09. The van der Waals surface area contributed by atoms with Crippen molar-refractivity contribution < 1.29 is 19.0 Å². The Bertz CT molecular complexity index is 1000. The number of benzene rings is 2. The molecule has 0 radical (unpaired) electrons. The summed E-state index contributed by atoms with van der Waals surface area (Å²) in [5.41, 5.74) is 7.75. The second kappa shape index (κ2) is 11.5. The van der Waals surface area contributed by atoms with Crippen LogP contribution in [0, 0.1) is 0 Å². The number of anilines is 2. The second-order valence-corrected chi connectivity index (χ2v) is 7.07. The number of nitrogens with one attached hydrogen (secondary N) is 1. The predicted molar refractivity (Wildman–Crippen MR) is 123 cm³/mol. The van der Waals surface area contributed by atoms with E-state index in [0.29, 0.717) is 43.4 Å². The summed E-state index contributed by atoms with van der Waals surface area (Å²) in [6, 6.07) is 14.9. The van der Waals surface area contributed by atoms with Crippen LogP contribution in [0.3, 0.4) is 0 Å². The minimum Gasteiger partial charge on any atom is -0.490 e. The molecule has 32 heavy (non-hydrogen) atoms. The van der Waals surface area contributed by atoms with E-state index >= 15 is 0 Å². The Balaban J connectivity index is 0.000000238. The number of nitrogens with two attached hydrogens (primary N) is 1. The van der Waals surface area contributed by atoms with Crippen molar-refractivity contribution in [2.75, 3.05) is 51.5 Å². The first-order chi connectivity index (χ1) is 15.6. The SMILES string of the molecule is CN(C)CCOc1cc(-c2ccnc(N)n2)ccc1NC=O.c1ccc2c(c1)OCCO2. The van der Waals surface area contributed by atoms with Crippen LogP contribution < -0.4 is 25.3 Å². The number of nitrogen functional groups attached to an aromatic ring is 1. The lowest BCUT2D eigenvalue weighted by atomic mass is 10.1. The largest absolute Gasteiger partial charge is 0.490 e. The first kappa shape index (κ1) is 22.8. The van der Waals surface area contributed by atoms with E-state index in [2.05, 4.69) is 15.3 Å². The molecule has 0 saturated heterocycles. The van der Waals surface area contributed by atoms with Gasteiger partial charge in [0.1, 0.15) is 25.6 Å². The van der Waals surface area contributed by atoms with Crippen molar-refractivity contribution in [1.82, 2.24) is 14.9 Å². The molecular formula is C23H27N5O4. The number of aromatic nitrogens is 2. The Hall–Kier alpha value is -3.85. The van der Waals surface area contributed by atoms with Crippen LogP contribution in [0.4, 0.5) is 11.6 Å². The van der Waals surface area contributed by atoms with E-state index in [-0.39, 0.29) is 5.95 Å². The molecule has 0 bridgehead atoms. The van der Waals surface area contributed by atoms with Crippen molar-refractivity contribution in [1.29, 1.82) is 0 Å². The highest BCUT2D eigenvalue weighted by atomic mass is 16.6. The van der Waals surface area contributed by atoms with Crippen molar-refractivity contribution in [2.45, 2.75) is 0 Å². The maximum absolute atomic E-state index is 10.7. The van der Waals surface area contributed by atoms with E-state index in [1.807, 2.05) is 55.4 Å². The number of para-hydroxylation sites is 2. The van der Waals surface area contributed by atoms with Gasteiger partial charge in [-0.15, -0.1) is 0 Å². The number of ether oxygens (including phenoxy) is 3. The third-order valence-corrected chi connectivity index (χ3v) is 4.41. The first-order valence-corrected chi connectivity index (χ1v) is 10.1. The molecule has 0 saturated carbocycles. The summed E-state index contributed by atoms with van der Waals surface area (Å²) in [6.07, 6.45) is 2.22. The van der Waals surface area contributed by atoms with Gasteiger partial charge in [0, 0.05) is 18.3 Å². The number of carbonyl (C=O) groups excluding carboxylic acids is 1. The summed E-state index contributed by atoms with van der Waals surface area (Å²) in [6.45, 7) is 2.61. The molecule has 1 aliphatic rings. The lowest BCUT2D eigenvalue weighted by Crippen LogP contribution is -2.19. The van der Waals surface area contributed by atoms with Crippen LogP contribution in [0.2, 0.25) is 0 Å². The molecule has 1 amide bonds. The third-order valence-electron chi connectivity index (χ3n) is 4.41. The van der Waals surface area contributed by atoms with Gasteiger partial charge in [0.15, 0.2) is 11.5 Å². The van der Waals surface area contributed by atoms with Crippen molar-refractivity contribution in [3.8, 4) is 28.5 Å². The molecule has 2 aromatic carbocycles. The summed E-state index contributed by atoms with van der Waals surface area (Å²) in [5.74, 6) is 2.51. The molecule has 2 heterocycles. The lowest BCUT2D eigenvalue weighted by Gasteiger charge is -2.17. The van der Waals surface area contributed by atoms with Gasteiger partial charge in [-0.25, -0.2) is 9.97 Å². The number of rotatable bonds is 7. The number of hydrogen-bond donors (Lipinski definition) is 2. The van der Waals surface area contributed by atoms with Crippen LogP contribution in [0.25, 0.3) is 11.3 Å². The molecule has 3 N–H and O–H groups in total. The molecule has 0 unspecified atom stereocenters. The Morgan fingerprint density at radius 3 is 2.47 bits per heavy atom. The van der Waals surface area contributed by atoms with Crippen molar-refractivity contribution in [3.63, 3.8) is 0 Å². The molecule has 4 rings (SSSR count). The van der Waals surface area contributed by atoms with Gasteiger partial charge in [-0.05, 0) is 44.4 Å². The zero-order valence-electron chi connectivity index (χ0n) is 18.2. The fraction of sp³-hybridized carbons (Fsp3) is 0.261. The van der Waals surface area contributed by atoms with Gasteiger partial charge >= 0.3 is 0 Å². The fourth-order valence-corrected chi connectivity index (χ4v) is 2.85. The van der Waals surface area contributed by atoms with Crippen LogP contribution in [0.1, 0.15) is 0 Å². The lowest BCUT2D eigenvalue weighted by molar-refractivity contribution is -0.105. The Morgan fingerprint density at radius 1 is 1.12 bits per heavy atom. The Morgan fingerprint density at radius 2 is 1.84 bits per heavy atom. The highest BCUT2D eigenvalue weighted by Crippen LogP contribution is 2.30. The molecule has 9 nitrogen and oxygen atoms in total. The van der Waals surface area contributed by atoms with Gasteiger partial charge in [0.25, 0.3) is 0 Å². The average Bonchev–Trinajstić information content (AvgIpc) is 2.80. The van der Waals surface area contributed by atoms with E-state index < -0.39 is 0 Å². The predicted octanol–water partition coefficient (Wildman–Crippen LogP) is 2.69. The third kappa shape index (κ3) is 6.58. The molecule has 0 aliphatic carbocycles. The molecule has 0 atom stereocenters. The maximum atomic E-state index is 10.7. The summed E-state index contributed by atoms with van der Waals surface area (Å²) in [4.78, 5) is 20.8. The summed E-state index contributed by atoms with van der Waals surface area (Å²) >= 11 is 0. The normalized spacial score (nSPS) is 11.8. The van der Waals surface area contributed by atoms with Gasteiger partial charge in [0.2, 0.25) is 12.4 Å². The van der Waals surface area contributed by atoms with E-state index in [4.69, 9.17) is 19.9 Å². The number of nitrogens with zero attached hydrogens (tertiary/aromatic N) is 3. The number of hydrogen-bond acceptors (Lipinski definition) is 8. The molecule has 1 aromatic heterocycles. The summed E-state index contributed by atoms with van der Waals surface area (Å²) in [5, 5.41) is 2.63. The highest BCUT2D eigenvalue weighted by molar-refractivity contribution is 5.78. The van der Waals surface area contributed by atoms with Crippen molar-refractivity contribution >= 4 is 18.0 Å². The molecule has 168 valence electrons. The van der Waals surface area contributed by atoms with Gasteiger partial charge in [-0.2, -0.15) is 0 Å². The zero-order valence-corrected chi connectivity index (χ0v) is 18.2. The van der Waals surface area contributed by atoms with Crippen LogP contribution in [-0.2, 0) is 4.79 Å². The number of fused-ring (bicyclic) bond motifs is 1. The number of amides is 1. The molecule has 0 fully saturated rings. The fourth-order valence-electron chi connectivity index (χ4n) is 2.85. The average molecular weight is 438 g/mol. The van der Waals surface area contributed by atoms with E-state index in [1.165, 1.54) is 0 Å². The Kier molecular flexibility index (Phi) is 8.22. The standard InChI is InChI=1S/C15H19N5O2.C8H8O2/c1-20(2)7-8-22-14-9-11(3-4-13(14)18-10-21)12-5-6-17-15(16)19-12;1-2-4-8-7(3-1)9-5-6-10-8/h3-6,9-10H,7-8H2,1-2H3,(H,18,21)(H2,16,17,19);1-4H,5-6H2. The quantitative estimate of drug-likeness (QED) is 0.543. The van der Waals surface area contributed by atoms with Gasteiger partial charge < -0.3 is 30.2 Å². The van der Waals surface area contributed by atoms with Gasteiger partial charge in [-0.3, -0.25) is 4.79 Å². The zero-order chi connectivity index (χ0) is 22.8. The van der Waals surface area contributed by atoms with Crippen LogP contribution in [-0.4, -0.2) is 61.7 Å². The van der Waals surface area contributed by atoms with E-state index in [1.54, 1.807) is 18.3 Å². The molecule has 3 aromatic rings. The molecule has 0 spiro atoms. The molecular weight excluding hydrogens is 410 g/mol. The molecule has 1 aliphatic heterocycles.